The number of carbonyl (C=O) groups excluding carboxylic acids is 1. The molecule has 0 radical (unpaired) electrons. The Morgan fingerprint density at radius 2 is 1.89 bits per heavy atom. The monoisotopic (exact) mass is 389 g/mol. The minimum atomic E-state index is -0.0899. The minimum Gasteiger partial charge on any atom is -0.497 e. The van der Waals surface area contributed by atoms with Gasteiger partial charge in [-0.25, -0.2) is 5.01 Å². The summed E-state index contributed by atoms with van der Waals surface area (Å²) in [6.07, 6.45) is 9.02. The SMILES string of the molecule is COc1ccc(OC)c(/C=C/C(=O)N2CCCN2C(=S)NC2CCCC2)c1. The quantitative estimate of drug-likeness (QED) is 0.617. The number of nitrogens with one attached hydrogen (secondary N) is 1. The Hall–Kier alpha value is -2.28. The van der Waals surface area contributed by atoms with E-state index in [4.69, 9.17) is 21.7 Å². The summed E-state index contributed by atoms with van der Waals surface area (Å²) in [5.41, 5.74) is 0.794. The smallest absolute Gasteiger partial charge is 0.265 e. The first kappa shape index (κ1) is 19.5. The van der Waals surface area contributed by atoms with Gasteiger partial charge in [0, 0.05) is 30.8 Å². The molecule has 2 aliphatic rings. The molecule has 1 aromatic rings. The van der Waals surface area contributed by atoms with E-state index in [1.165, 1.54) is 12.8 Å². The number of amides is 1. The van der Waals surface area contributed by atoms with Crippen LogP contribution in [-0.2, 0) is 4.79 Å². The number of benzene rings is 1. The topological polar surface area (TPSA) is 54.0 Å². The summed E-state index contributed by atoms with van der Waals surface area (Å²) in [4.78, 5) is 12.8. The zero-order valence-electron chi connectivity index (χ0n) is 15.9. The van der Waals surface area contributed by atoms with Gasteiger partial charge in [0.25, 0.3) is 5.91 Å². The average Bonchev–Trinajstić information content (AvgIpc) is 3.37. The third kappa shape index (κ3) is 4.71. The second kappa shape index (κ2) is 9.08. The summed E-state index contributed by atoms with van der Waals surface area (Å²) in [6, 6.07) is 5.93. The van der Waals surface area contributed by atoms with Gasteiger partial charge in [-0.2, -0.15) is 0 Å². The van der Waals surface area contributed by atoms with Crippen LogP contribution in [0.25, 0.3) is 6.08 Å². The second-order valence-electron chi connectivity index (χ2n) is 6.81. The van der Waals surface area contributed by atoms with Crippen LogP contribution in [0.15, 0.2) is 24.3 Å². The summed E-state index contributed by atoms with van der Waals surface area (Å²) < 4.78 is 10.6. The first-order valence-corrected chi connectivity index (χ1v) is 9.82. The van der Waals surface area contributed by atoms with E-state index in [2.05, 4.69) is 5.32 Å². The predicted octanol–water partition coefficient (Wildman–Crippen LogP) is 2.98. The lowest BCUT2D eigenvalue weighted by molar-refractivity contribution is -0.133. The van der Waals surface area contributed by atoms with Crippen molar-refractivity contribution in [3.05, 3.63) is 29.8 Å². The molecule has 6 nitrogen and oxygen atoms in total. The largest absolute Gasteiger partial charge is 0.497 e. The molecule has 0 spiro atoms. The van der Waals surface area contributed by atoms with Crippen molar-refractivity contribution < 1.29 is 14.3 Å². The third-order valence-electron chi connectivity index (χ3n) is 5.05. The van der Waals surface area contributed by atoms with Crippen LogP contribution >= 0.6 is 12.2 Å². The molecule has 27 heavy (non-hydrogen) atoms. The Labute approximate surface area is 166 Å². The minimum absolute atomic E-state index is 0.0899. The molecule has 7 heteroatoms. The number of ether oxygens (including phenoxy) is 2. The van der Waals surface area contributed by atoms with Crippen molar-refractivity contribution in [1.29, 1.82) is 0 Å². The molecule has 1 aliphatic heterocycles. The molecule has 2 fully saturated rings. The highest BCUT2D eigenvalue weighted by Crippen LogP contribution is 2.25. The van der Waals surface area contributed by atoms with Crippen LogP contribution in [0.3, 0.4) is 0 Å². The van der Waals surface area contributed by atoms with Gasteiger partial charge in [0.1, 0.15) is 11.5 Å². The Morgan fingerprint density at radius 3 is 2.59 bits per heavy atom. The molecule has 1 aliphatic carbocycles. The van der Waals surface area contributed by atoms with Crippen LogP contribution in [0.1, 0.15) is 37.7 Å². The first-order valence-electron chi connectivity index (χ1n) is 9.42. The van der Waals surface area contributed by atoms with Gasteiger partial charge in [-0.3, -0.25) is 9.80 Å². The van der Waals surface area contributed by atoms with Crippen molar-refractivity contribution in [2.75, 3.05) is 27.3 Å². The number of rotatable bonds is 5. The van der Waals surface area contributed by atoms with Crippen LogP contribution in [0.5, 0.6) is 11.5 Å². The first-order chi connectivity index (χ1) is 13.1. The van der Waals surface area contributed by atoms with Gasteiger partial charge in [0.05, 0.1) is 14.2 Å². The van der Waals surface area contributed by atoms with E-state index in [9.17, 15) is 4.79 Å². The fraction of sp³-hybridized carbons (Fsp3) is 0.500. The lowest BCUT2D eigenvalue weighted by Gasteiger charge is -2.30. The standard InChI is InChI=1S/C20H27N3O3S/c1-25-17-9-10-18(26-2)15(14-17)8-11-19(24)22-12-5-13-23(22)20(27)21-16-6-3-4-7-16/h8-11,14,16H,3-7,12-13H2,1-2H3,(H,21,27)/b11-8+. The Bertz CT molecular complexity index is 716. The van der Waals surface area contributed by atoms with Crippen molar-refractivity contribution in [3.63, 3.8) is 0 Å². The van der Waals surface area contributed by atoms with Gasteiger partial charge in [-0.05, 0) is 55.8 Å². The van der Waals surface area contributed by atoms with Gasteiger partial charge in [-0.15, -0.1) is 0 Å². The Morgan fingerprint density at radius 1 is 1.15 bits per heavy atom. The molecular weight excluding hydrogens is 362 g/mol. The van der Waals surface area contributed by atoms with E-state index in [0.29, 0.717) is 29.2 Å². The van der Waals surface area contributed by atoms with Gasteiger partial charge in [0.2, 0.25) is 0 Å². The Balaban J connectivity index is 1.67. The number of hydrazine groups is 1. The highest BCUT2D eigenvalue weighted by atomic mass is 32.1. The highest BCUT2D eigenvalue weighted by Gasteiger charge is 2.29. The zero-order valence-corrected chi connectivity index (χ0v) is 16.8. The van der Waals surface area contributed by atoms with Gasteiger partial charge < -0.3 is 14.8 Å². The fourth-order valence-corrected chi connectivity index (χ4v) is 3.94. The molecular formula is C20H27N3O3S. The average molecular weight is 390 g/mol. The normalized spacial score (nSPS) is 17.6. The molecule has 1 heterocycles. The zero-order chi connectivity index (χ0) is 19.2. The maximum atomic E-state index is 12.8. The van der Waals surface area contributed by atoms with Gasteiger partial charge >= 0.3 is 0 Å². The number of thiocarbonyl (C=S) groups is 1. The van der Waals surface area contributed by atoms with Crippen LogP contribution in [-0.4, -0.2) is 54.4 Å². The molecule has 3 rings (SSSR count). The molecule has 1 saturated heterocycles. The lowest BCUT2D eigenvalue weighted by atomic mass is 10.1. The maximum absolute atomic E-state index is 12.8. The van der Waals surface area contributed by atoms with Crippen LogP contribution in [0.4, 0.5) is 0 Å². The highest BCUT2D eigenvalue weighted by molar-refractivity contribution is 7.80. The molecule has 146 valence electrons. The molecule has 0 aromatic heterocycles. The summed E-state index contributed by atoms with van der Waals surface area (Å²) in [5, 5.41) is 7.68. The van der Waals surface area contributed by atoms with E-state index >= 15 is 0 Å². The van der Waals surface area contributed by atoms with Gasteiger partial charge in [0.15, 0.2) is 5.11 Å². The molecule has 1 N–H and O–H groups in total. The van der Waals surface area contributed by atoms with Crippen LogP contribution < -0.4 is 14.8 Å². The summed E-state index contributed by atoms with van der Waals surface area (Å²) in [7, 11) is 3.22. The number of hydrogen-bond donors (Lipinski definition) is 1. The molecule has 0 bridgehead atoms. The molecule has 1 aromatic carbocycles. The van der Waals surface area contributed by atoms with Crippen molar-refractivity contribution in [2.24, 2.45) is 0 Å². The predicted molar refractivity (Wildman–Crippen MR) is 110 cm³/mol. The van der Waals surface area contributed by atoms with E-state index < -0.39 is 0 Å². The van der Waals surface area contributed by atoms with Crippen LogP contribution in [0, 0.1) is 0 Å². The van der Waals surface area contributed by atoms with E-state index in [0.717, 1.165) is 31.4 Å². The van der Waals surface area contributed by atoms with Crippen molar-refractivity contribution in [2.45, 2.75) is 38.1 Å². The van der Waals surface area contributed by atoms with E-state index in [-0.39, 0.29) is 5.91 Å². The molecule has 0 unspecified atom stereocenters. The summed E-state index contributed by atoms with van der Waals surface area (Å²) in [5.74, 6) is 1.32. The number of carbonyl (C=O) groups is 1. The van der Waals surface area contributed by atoms with Crippen LogP contribution in [0.2, 0.25) is 0 Å². The summed E-state index contributed by atoms with van der Waals surface area (Å²) in [6.45, 7) is 1.44. The number of nitrogens with zero attached hydrogens (tertiary/aromatic N) is 2. The molecule has 1 amide bonds. The van der Waals surface area contributed by atoms with Crippen molar-refractivity contribution in [1.82, 2.24) is 15.3 Å². The number of hydrogen-bond acceptors (Lipinski definition) is 4. The van der Waals surface area contributed by atoms with Gasteiger partial charge in [-0.1, -0.05) is 12.8 Å². The summed E-state index contributed by atoms with van der Waals surface area (Å²) >= 11 is 5.56. The fourth-order valence-electron chi connectivity index (χ4n) is 3.59. The third-order valence-corrected chi connectivity index (χ3v) is 5.37. The maximum Gasteiger partial charge on any atom is 0.265 e. The molecule has 1 saturated carbocycles. The van der Waals surface area contributed by atoms with E-state index in [1.807, 2.05) is 23.2 Å². The molecule has 0 atom stereocenters. The van der Waals surface area contributed by atoms with Crippen molar-refractivity contribution >= 4 is 29.3 Å². The van der Waals surface area contributed by atoms with E-state index in [1.54, 1.807) is 31.4 Å². The lowest BCUT2D eigenvalue weighted by Crippen LogP contribution is -2.50. The second-order valence-corrected chi connectivity index (χ2v) is 7.20. The number of methoxy groups -OCH3 is 2. The Kier molecular flexibility index (Phi) is 6.55. The van der Waals surface area contributed by atoms with Crippen molar-refractivity contribution in [3.8, 4) is 11.5 Å².